The first kappa shape index (κ1) is 15.7. The fourth-order valence-electron chi connectivity index (χ4n) is 1.23. The van der Waals surface area contributed by atoms with Crippen molar-refractivity contribution in [2.75, 3.05) is 20.3 Å². The Hall–Kier alpha value is -0.400. The quantitative estimate of drug-likeness (QED) is 0.815. The summed E-state index contributed by atoms with van der Waals surface area (Å²) in [5.74, 6) is 0.0699. The average molecular weight is 313 g/mol. The molecule has 0 aliphatic carbocycles. The van der Waals surface area contributed by atoms with Crippen LogP contribution >= 0.6 is 23.2 Å². The zero-order valence-corrected chi connectivity index (χ0v) is 12.3. The van der Waals surface area contributed by atoms with Crippen molar-refractivity contribution in [3.63, 3.8) is 0 Å². The van der Waals surface area contributed by atoms with Crippen molar-refractivity contribution in [1.82, 2.24) is 9.71 Å². The molecular weight excluding hydrogens is 299 g/mol. The zero-order valence-electron chi connectivity index (χ0n) is 9.98. The van der Waals surface area contributed by atoms with E-state index in [1.165, 1.54) is 6.07 Å². The van der Waals surface area contributed by atoms with E-state index in [2.05, 4.69) is 9.71 Å². The number of nitrogens with zero attached hydrogens (tertiary/aromatic N) is 1. The molecule has 5 nitrogen and oxygen atoms in total. The number of aromatic nitrogens is 1. The Morgan fingerprint density at radius 2 is 2.17 bits per heavy atom. The minimum atomic E-state index is -3.62. The van der Waals surface area contributed by atoms with Crippen LogP contribution in [0.25, 0.3) is 0 Å². The summed E-state index contributed by atoms with van der Waals surface area (Å²) in [6.45, 7) is 2.62. The van der Waals surface area contributed by atoms with Crippen molar-refractivity contribution in [3.8, 4) is 0 Å². The van der Waals surface area contributed by atoms with E-state index in [0.29, 0.717) is 6.61 Å². The summed E-state index contributed by atoms with van der Waals surface area (Å²) in [5.41, 5.74) is 0. The Morgan fingerprint density at radius 3 is 2.72 bits per heavy atom. The summed E-state index contributed by atoms with van der Waals surface area (Å²) in [5, 5.41) is 0.174. The highest BCUT2D eigenvalue weighted by atomic mass is 35.5. The first-order valence-electron chi connectivity index (χ1n) is 5.16. The van der Waals surface area contributed by atoms with Crippen LogP contribution in [0.2, 0.25) is 10.2 Å². The third-order valence-corrected chi connectivity index (χ3v) is 4.23. The summed E-state index contributed by atoms with van der Waals surface area (Å²) >= 11 is 11.4. The molecule has 1 unspecified atom stereocenters. The number of halogens is 2. The van der Waals surface area contributed by atoms with Crippen LogP contribution < -0.4 is 4.72 Å². The number of methoxy groups -OCH3 is 1. The van der Waals surface area contributed by atoms with Gasteiger partial charge in [-0.1, -0.05) is 30.1 Å². The number of nitrogens with one attached hydrogen (secondary N) is 1. The van der Waals surface area contributed by atoms with Crippen LogP contribution in [-0.4, -0.2) is 33.7 Å². The highest BCUT2D eigenvalue weighted by molar-refractivity contribution is 7.89. The van der Waals surface area contributed by atoms with Gasteiger partial charge in [-0.2, -0.15) is 0 Å². The molecule has 0 saturated carbocycles. The van der Waals surface area contributed by atoms with Gasteiger partial charge in [-0.25, -0.2) is 18.1 Å². The maximum atomic E-state index is 11.9. The van der Waals surface area contributed by atoms with Crippen LogP contribution in [0.15, 0.2) is 17.2 Å². The molecule has 0 aromatic carbocycles. The van der Waals surface area contributed by atoms with Gasteiger partial charge >= 0.3 is 0 Å². The normalized spacial score (nSPS) is 13.6. The van der Waals surface area contributed by atoms with E-state index in [9.17, 15) is 8.42 Å². The molecule has 1 N–H and O–H groups in total. The van der Waals surface area contributed by atoms with Gasteiger partial charge in [0, 0.05) is 26.5 Å². The van der Waals surface area contributed by atoms with Gasteiger partial charge in [-0.05, 0) is 12.0 Å². The molecule has 0 bridgehead atoms. The first-order valence-corrected chi connectivity index (χ1v) is 7.40. The third-order valence-electron chi connectivity index (χ3n) is 2.15. The lowest BCUT2D eigenvalue weighted by molar-refractivity contribution is 0.161. The Morgan fingerprint density at radius 1 is 1.50 bits per heavy atom. The predicted octanol–water partition coefficient (Wildman–Crippen LogP) is 1.95. The van der Waals surface area contributed by atoms with Crippen molar-refractivity contribution in [2.24, 2.45) is 5.92 Å². The van der Waals surface area contributed by atoms with Crippen molar-refractivity contribution >= 4 is 33.2 Å². The summed E-state index contributed by atoms with van der Waals surface area (Å²) in [6, 6.07) is 1.26. The smallest absolute Gasteiger partial charge is 0.242 e. The Kier molecular flexibility index (Phi) is 5.81. The maximum Gasteiger partial charge on any atom is 0.242 e. The van der Waals surface area contributed by atoms with Gasteiger partial charge in [0.25, 0.3) is 0 Å². The van der Waals surface area contributed by atoms with Gasteiger partial charge in [0.05, 0.1) is 5.02 Å². The molecule has 1 atom stereocenters. The Labute approximate surface area is 117 Å². The van der Waals surface area contributed by atoms with Crippen LogP contribution in [0.4, 0.5) is 0 Å². The van der Waals surface area contributed by atoms with E-state index >= 15 is 0 Å². The molecule has 1 heterocycles. The van der Waals surface area contributed by atoms with Crippen LogP contribution in [0, 0.1) is 5.92 Å². The summed E-state index contributed by atoms with van der Waals surface area (Å²) in [6.07, 6.45) is 1.16. The number of hydrogen-bond donors (Lipinski definition) is 1. The number of pyridine rings is 1. The van der Waals surface area contributed by atoms with Gasteiger partial charge in [0.1, 0.15) is 10.0 Å². The Bertz CT molecular complexity index is 508. The van der Waals surface area contributed by atoms with Gasteiger partial charge in [0.2, 0.25) is 10.0 Å². The average Bonchev–Trinajstić information content (AvgIpc) is 2.30. The maximum absolute atomic E-state index is 11.9. The number of hydrogen-bond acceptors (Lipinski definition) is 4. The molecular formula is C10H14Cl2N2O3S. The molecule has 1 rings (SSSR count). The van der Waals surface area contributed by atoms with Crippen molar-refractivity contribution in [3.05, 3.63) is 22.4 Å². The molecule has 102 valence electrons. The number of rotatable bonds is 6. The molecule has 0 saturated heterocycles. The number of sulfonamides is 1. The minimum absolute atomic E-state index is 0.0125. The molecule has 0 aliphatic rings. The fourth-order valence-corrected chi connectivity index (χ4v) is 2.70. The fraction of sp³-hybridized carbons (Fsp3) is 0.500. The topological polar surface area (TPSA) is 68.3 Å². The molecule has 0 amide bonds. The Balaban J connectivity index is 2.77. The monoisotopic (exact) mass is 312 g/mol. The van der Waals surface area contributed by atoms with E-state index < -0.39 is 10.0 Å². The minimum Gasteiger partial charge on any atom is -0.384 e. The third kappa shape index (κ3) is 4.37. The second-order valence-electron chi connectivity index (χ2n) is 3.86. The lowest BCUT2D eigenvalue weighted by atomic mass is 10.2. The highest BCUT2D eigenvalue weighted by Crippen LogP contribution is 2.21. The van der Waals surface area contributed by atoms with Crippen molar-refractivity contribution in [2.45, 2.75) is 11.8 Å². The van der Waals surface area contributed by atoms with E-state index in [4.69, 9.17) is 27.9 Å². The van der Waals surface area contributed by atoms with Crippen LogP contribution in [0.3, 0.4) is 0 Å². The van der Waals surface area contributed by atoms with Crippen LogP contribution in [0.5, 0.6) is 0 Å². The van der Waals surface area contributed by atoms with E-state index in [0.717, 1.165) is 6.20 Å². The summed E-state index contributed by atoms with van der Waals surface area (Å²) < 4.78 is 31.2. The number of ether oxygens (including phenoxy) is 1. The van der Waals surface area contributed by atoms with Gasteiger partial charge in [0.15, 0.2) is 0 Å². The molecule has 0 radical (unpaired) electrons. The largest absolute Gasteiger partial charge is 0.384 e. The van der Waals surface area contributed by atoms with Crippen LogP contribution in [0.1, 0.15) is 6.92 Å². The highest BCUT2D eigenvalue weighted by Gasteiger charge is 2.17. The van der Waals surface area contributed by atoms with Gasteiger partial charge in [-0.3, -0.25) is 0 Å². The first-order chi connectivity index (χ1) is 8.36. The lowest BCUT2D eigenvalue weighted by Crippen LogP contribution is -2.30. The lowest BCUT2D eigenvalue weighted by Gasteiger charge is -2.12. The predicted molar refractivity (Wildman–Crippen MR) is 70.5 cm³/mol. The van der Waals surface area contributed by atoms with Crippen molar-refractivity contribution < 1.29 is 13.2 Å². The SMILES string of the molecule is COCC(C)CNS(=O)(=O)c1cnc(Cl)c(Cl)c1. The van der Waals surface area contributed by atoms with E-state index in [1.807, 2.05) is 6.92 Å². The molecule has 0 aliphatic heterocycles. The molecule has 1 aromatic rings. The van der Waals surface area contributed by atoms with Crippen molar-refractivity contribution in [1.29, 1.82) is 0 Å². The zero-order chi connectivity index (χ0) is 13.8. The molecule has 18 heavy (non-hydrogen) atoms. The summed E-state index contributed by atoms with van der Waals surface area (Å²) in [4.78, 5) is 3.69. The second kappa shape index (κ2) is 6.68. The second-order valence-corrected chi connectivity index (χ2v) is 6.39. The van der Waals surface area contributed by atoms with Crippen LogP contribution in [-0.2, 0) is 14.8 Å². The molecule has 0 fully saturated rings. The molecule has 1 aromatic heterocycles. The standard InChI is InChI=1S/C10H14Cl2N2O3S/c1-7(6-17-2)4-14-18(15,16)8-3-9(11)10(12)13-5-8/h3,5,7,14H,4,6H2,1-2H3. The molecule has 0 spiro atoms. The molecule has 8 heteroatoms. The van der Waals surface area contributed by atoms with E-state index in [-0.39, 0.29) is 27.5 Å². The van der Waals surface area contributed by atoms with E-state index in [1.54, 1.807) is 7.11 Å². The summed E-state index contributed by atoms with van der Waals surface area (Å²) in [7, 11) is -2.06. The van der Waals surface area contributed by atoms with Gasteiger partial charge in [-0.15, -0.1) is 0 Å². The van der Waals surface area contributed by atoms with Gasteiger partial charge < -0.3 is 4.74 Å².